The molecule has 7 nitrogen and oxygen atoms in total. The Labute approximate surface area is 233 Å². The van der Waals surface area contributed by atoms with Crippen LogP contribution in [0.25, 0.3) is 0 Å². The molecule has 1 fully saturated rings. The van der Waals surface area contributed by atoms with Crippen molar-refractivity contribution in [2.75, 3.05) is 13.1 Å². The van der Waals surface area contributed by atoms with Crippen LogP contribution in [0.5, 0.6) is 11.5 Å². The van der Waals surface area contributed by atoms with Crippen LogP contribution in [0.15, 0.2) is 66.7 Å². The summed E-state index contributed by atoms with van der Waals surface area (Å²) in [5, 5.41) is 10.0. The van der Waals surface area contributed by atoms with E-state index in [9.17, 15) is 19.5 Å². The SMILES string of the molecule is Cc1cc(C[C@@H]2CN(C(=O)Oc3ccccc3)C[C@H]2C(=O)c2ccc(Cl)cc2)cc(C)c1OC(C)(C)C(=O)O. The van der Waals surface area contributed by atoms with Crippen LogP contribution in [-0.4, -0.2) is 46.5 Å². The molecule has 0 radical (unpaired) electrons. The molecule has 0 bridgehead atoms. The minimum atomic E-state index is -1.38. The van der Waals surface area contributed by atoms with Crippen LogP contribution in [0.4, 0.5) is 4.79 Å². The number of para-hydroxylation sites is 1. The van der Waals surface area contributed by atoms with Crippen LogP contribution in [-0.2, 0) is 11.2 Å². The van der Waals surface area contributed by atoms with Crippen molar-refractivity contribution in [3.63, 3.8) is 0 Å². The molecule has 39 heavy (non-hydrogen) atoms. The van der Waals surface area contributed by atoms with Crippen LogP contribution in [0.1, 0.15) is 40.9 Å². The van der Waals surface area contributed by atoms with Gasteiger partial charge in [-0.3, -0.25) is 4.79 Å². The number of ketones is 1. The number of aliphatic carboxylic acids is 1. The average molecular weight is 550 g/mol. The fourth-order valence-electron chi connectivity index (χ4n) is 4.93. The molecular formula is C31H32ClNO6. The molecule has 1 saturated heterocycles. The second kappa shape index (κ2) is 11.5. The van der Waals surface area contributed by atoms with Crippen molar-refractivity contribution in [3.8, 4) is 11.5 Å². The van der Waals surface area contributed by atoms with Crippen molar-refractivity contribution in [1.29, 1.82) is 0 Å². The molecule has 8 heteroatoms. The third-order valence-corrected chi connectivity index (χ3v) is 7.26. The summed E-state index contributed by atoms with van der Waals surface area (Å²) in [6.45, 7) is 7.37. The predicted molar refractivity (Wildman–Crippen MR) is 149 cm³/mol. The molecule has 0 aromatic heterocycles. The number of likely N-dealkylation sites (tertiary alicyclic amines) is 1. The Balaban J connectivity index is 1.58. The Bertz CT molecular complexity index is 1350. The largest absolute Gasteiger partial charge is 0.478 e. The molecule has 1 aliphatic heterocycles. The highest BCUT2D eigenvalue weighted by Crippen LogP contribution is 2.34. The highest BCUT2D eigenvalue weighted by atomic mass is 35.5. The monoisotopic (exact) mass is 549 g/mol. The third kappa shape index (κ3) is 6.60. The summed E-state index contributed by atoms with van der Waals surface area (Å²) in [5.41, 5.74) is 1.75. The number of carboxylic acid groups (broad SMARTS) is 1. The van der Waals surface area contributed by atoms with E-state index in [0.717, 1.165) is 16.7 Å². The van der Waals surface area contributed by atoms with Gasteiger partial charge in [-0.1, -0.05) is 41.9 Å². The number of nitrogens with zero attached hydrogens (tertiary/aromatic N) is 1. The van der Waals surface area contributed by atoms with Crippen molar-refractivity contribution in [1.82, 2.24) is 4.90 Å². The lowest BCUT2D eigenvalue weighted by Gasteiger charge is -2.25. The number of carbonyl (C=O) groups is 3. The fraction of sp³-hybridized carbons (Fsp3) is 0.323. The molecule has 1 aliphatic rings. The first-order valence-corrected chi connectivity index (χ1v) is 13.2. The van der Waals surface area contributed by atoms with E-state index in [1.165, 1.54) is 13.8 Å². The Hall–Kier alpha value is -3.84. The molecule has 2 atom stereocenters. The van der Waals surface area contributed by atoms with Gasteiger partial charge in [0, 0.05) is 29.6 Å². The van der Waals surface area contributed by atoms with Gasteiger partial charge in [-0.15, -0.1) is 0 Å². The second-order valence-electron chi connectivity index (χ2n) is 10.5. The van der Waals surface area contributed by atoms with Crippen LogP contribution >= 0.6 is 11.6 Å². The second-order valence-corrected chi connectivity index (χ2v) is 10.9. The fourth-order valence-corrected chi connectivity index (χ4v) is 5.05. The minimum Gasteiger partial charge on any atom is -0.478 e. The number of hydrogen-bond acceptors (Lipinski definition) is 5. The maximum Gasteiger partial charge on any atom is 0.415 e. The Kier molecular flexibility index (Phi) is 8.31. The zero-order valence-electron chi connectivity index (χ0n) is 22.4. The molecule has 3 aromatic carbocycles. The highest BCUT2D eigenvalue weighted by molar-refractivity contribution is 6.30. The molecule has 1 heterocycles. The number of amides is 1. The first-order valence-electron chi connectivity index (χ1n) is 12.8. The zero-order chi connectivity index (χ0) is 28.3. The topological polar surface area (TPSA) is 93.1 Å². The average Bonchev–Trinajstić information content (AvgIpc) is 3.30. The molecule has 1 N–H and O–H groups in total. The van der Waals surface area contributed by atoms with E-state index >= 15 is 0 Å². The predicted octanol–water partition coefficient (Wildman–Crippen LogP) is 6.37. The summed E-state index contributed by atoms with van der Waals surface area (Å²) in [7, 11) is 0. The number of aryl methyl sites for hydroxylation is 2. The highest BCUT2D eigenvalue weighted by Gasteiger charge is 2.40. The summed E-state index contributed by atoms with van der Waals surface area (Å²) in [4.78, 5) is 39.8. The maximum atomic E-state index is 13.6. The number of hydrogen-bond donors (Lipinski definition) is 1. The van der Waals surface area contributed by atoms with Gasteiger partial charge in [-0.25, -0.2) is 9.59 Å². The minimum absolute atomic E-state index is 0.0525. The summed E-state index contributed by atoms with van der Waals surface area (Å²) in [6, 6.07) is 19.5. The lowest BCUT2D eigenvalue weighted by atomic mass is 9.84. The van der Waals surface area contributed by atoms with Gasteiger partial charge < -0.3 is 19.5 Å². The smallest absolute Gasteiger partial charge is 0.415 e. The number of carbonyl (C=O) groups excluding carboxylic acids is 2. The van der Waals surface area contributed by atoms with E-state index in [2.05, 4.69) is 0 Å². The van der Waals surface area contributed by atoms with Gasteiger partial charge in [0.1, 0.15) is 11.5 Å². The molecule has 0 aliphatic carbocycles. The Morgan fingerprint density at radius 3 is 2.18 bits per heavy atom. The Morgan fingerprint density at radius 2 is 1.59 bits per heavy atom. The van der Waals surface area contributed by atoms with Crippen molar-refractivity contribution in [2.24, 2.45) is 11.8 Å². The summed E-state index contributed by atoms with van der Waals surface area (Å²) in [6.07, 6.45) is 0.0493. The van der Waals surface area contributed by atoms with Gasteiger partial charge in [0.2, 0.25) is 0 Å². The lowest BCUT2D eigenvalue weighted by molar-refractivity contribution is -0.152. The van der Waals surface area contributed by atoms with Gasteiger partial charge in [0.25, 0.3) is 0 Å². The molecule has 0 saturated carbocycles. The first kappa shape index (κ1) is 28.2. The molecule has 3 aromatic rings. The molecule has 0 spiro atoms. The van der Waals surface area contributed by atoms with E-state index in [-0.39, 0.29) is 18.2 Å². The number of halogens is 1. The van der Waals surface area contributed by atoms with Gasteiger partial charge in [-0.05, 0) is 93.1 Å². The summed E-state index contributed by atoms with van der Waals surface area (Å²) < 4.78 is 11.4. The van der Waals surface area contributed by atoms with Crippen LogP contribution in [0.3, 0.4) is 0 Å². The lowest BCUT2D eigenvalue weighted by Crippen LogP contribution is -2.38. The van der Waals surface area contributed by atoms with Crippen molar-refractivity contribution >= 4 is 29.4 Å². The van der Waals surface area contributed by atoms with Crippen LogP contribution in [0, 0.1) is 25.7 Å². The Morgan fingerprint density at radius 1 is 0.974 bits per heavy atom. The molecule has 4 rings (SSSR count). The molecular weight excluding hydrogens is 518 g/mol. The van der Waals surface area contributed by atoms with Crippen molar-refractivity contribution in [2.45, 2.75) is 39.7 Å². The summed E-state index contributed by atoms with van der Waals surface area (Å²) >= 11 is 6.03. The number of rotatable bonds is 8. The third-order valence-electron chi connectivity index (χ3n) is 7.00. The standard InChI is InChI=1S/C31H32ClNO6/c1-19-14-21(15-20(2)28(19)39-31(3,4)29(35)36)16-23-17-33(30(37)38-25-8-6-5-7-9-25)18-26(23)27(34)22-10-12-24(32)13-11-22/h5-15,23,26H,16-18H2,1-4H3,(H,35,36)/t23-,26-/m1/s1. The van der Waals surface area contributed by atoms with E-state index in [1.807, 2.05) is 32.0 Å². The zero-order valence-corrected chi connectivity index (χ0v) is 23.2. The molecule has 204 valence electrons. The van der Waals surface area contributed by atoms with Crippen LogP contribution in [0.2, 0.25) is 5.02 Å². The van der Waals surface area contributed by atoms with Gasteiger partial charge in [-0.2, -0.15) is 0 Å². The molecule has 0 unspecified atom stereocenters. The maximum absolute atomic E-state index is 13.6. The quantitative estimate of drug-likeness (QED) is 0.328. The first-order chi connectivity index (χ1) is 18.4. The van der Waals surface area contributed by atoms with Crippen LogP contribution < -0.4 is 9.47 Å². The number of benzene rings is 3. The van der Waals surface area contributed by atoms with Gasteiger partial charge >= 0.3 is 12.1 Å². The normalized spacial score (nSPS) is 17.1. The number of carboxylic acids is 1. The number of Topliss-reactive ketones (excluding diaryl/α,β-unsaturated/α-hetero) is 1. The van der Waals surface area contributed by atoms with Gasteiger partial charge in [0.15, 0.2) is 11.4 Å². The van der Waals surface area contributed by atoms with E-state index < -0.39 is 23.6 Å². The van der Waals surface area contributed by atoms with E-state index in [1.54, 1.807) is 53.4 Å². The van der Waals surface area contributed by atoms with Crippen molar-refractivity contribution in [3.05, 3.63) is 94.0 Å². The van der Waals surface area contributed by atoms with Crippen molar-refractivity contribution < 1.29 is 29.0 Å². The van der Waals surface area contributed by atoms with Gasteiger partial charge in [0.05, 0.1) is 0 Å². The summed E-state index contributed by atoms with van der Waals surface area (Å²) in [5.74, 6) is -0.725. The number of ether oxygens (including phenoxy) is 2. The van der Waals surface area contributed by atoms with E-state index in [4.69, 9.17) is 21.1 Å². The molecule has 1 amide bonds. The van der Waals surface area contributed by atoms with E-state index in [0.29, 0.717) is 35.1 Å².